The minimum absolute atomic E-state index is 0.153. The third-order valence-corrected chi connectivity index (χ3v) is 2.93. The van der Waals surface area contributed by atoms with Gasteiger partial charge in [-0.3, -0.25) is 14.8 Å². The zero-order valence-corrected chi connectivity index (χ0v) is 7.56. The van der Waals surface area contributed by atoms with Crippen LogP contribution in [0.25, 0.3) is 0 Å². The number of carboxylic acid groups (broad SMARTS) is 1. The number of hydrogen-bond donors (Lipinski definition) is 4. The Labute approximate surface area is 80.5 Å². The first kappa shape index (κ1) is 10.9. The third-order valence-electron chi connectivity index (χ3n) is 2.93. The minimum Gasteiger partial charge on any atom is -0.480 e. The third kappa shape index (κ3) is 1.36. The van der Waals surface area contributed by atoms with Gasteiger partial charge in [-0.05, 0) is 12.8 Å². The summed E-state index contributed by atoms with van der Waals surface area (Å²) >= 11 is 0. The van der Waals surface area contributed by atoms with Crippen LogP contribution < -0.4 is 5.48 Å². The number of aliphatic carboxylic acids is 1. The van der Waals surface area contributed by atoms with Gasteiger partial charge in [0.05, 0.1) is 0 Å². The van der Waals surface area contributed by atoms with Gasteiger partial charge < -0.3 is 10.2 Å². The Bertz CT molecular complexity index is 254. The summed E-state index contributed by atoms with van der Waals surface area (Å²) in [5, 5.41) is 26.4. The Hall–Kier alpha value is -1.14. The normalized spacial score (nSPS) is 31.4. The van der Waals surface area contributed by atoms with Crippen molar-refractivity contribution in [2.45, 2.75) is 19.3 Å². The molecule has 1 rings (SSSR count). The zero-order valence-electron chi connectivity index (χ0n) is 7.56. The van der Waals surface area contributed by atoms with Gasteiger partial charge in [-0.1, -0.05) is 6.42 Å². The lowest BCUT2D eigenvalue weighted by Crippen LogP contribution is -2.49. The number of carboxylic acids is 1. The van der Waals surface area contributed by atoms with Crippen LogP contribution in [0.3, 0.4) is 0 Å². The lowest BCUT2D eigenvalue weighted by molar-refractivity contribution is -0.163. The minimum atomic E-state index is -1.66. The molecule has 0 radical (unpaired) electrons. The van der Waals surface area contributed by atoms with Crippen LogP contribution in [0.5, 0.6) is 0 Å². The molecule has 1 aliphatic carbocycles. The van der Waals surface area contributed by atoms with Gasteiger partial charge in [0.25, 0.3) is 5.91 Å². The van der Waals surface area contributed by atoms with E-state index in [1.54, 1.807) is 0 Å². The van der Waals surface area contributed by atoms with Gasteiger partial charge in [-0.15, -0.1) is 0 Å². The first-order chi connectivity index (χ1) is 6.59. The second-order valence-corrected chi connectivity index (χ2v) is 3.49. The fraction of sp³-hybridized carbons (Fsp3) is 0.750. The molecule has 14 heavy (non-hydrogen) atoms. The second kappa shape index (κ2) is 3.93. The molecule has 1 amide bonds. The number of aliphatic hydroxyl groups excluding tert-OH is 1. The number of hydroxylamine groups is 1. The van der Waals surface area contributed by atoms with E-state index in [0.29, 0.717) is 12.8 Å². The summed E-state index contributed by atoms with van der Waals surface area (Å²) in [5.74, 6) is -2.85. The predicted molar refractivity (Wildman–Crippen MR) is 44.4 cm³/mol. The molecular formula is C8H13NO5. The first-order valence-electron chi connectivity index (χ1n) is 4.38. The van der Waals surface area contributed by atoms with Gasteiger partial charge in [-0.2, -0.15) is 0 Å². The van der Waals surface area contributed by atoms with Crippen LogP contribution in [0, 0.1) is 11.3 Å². The van der Waals surface area contributed by atoms with E-state index in [1.807, 2.05) is 0 Å². The van der Waals surface area contributed by atoms with E-state index in [4.69, 9.17) is 15.4 Å². The largest absolute Gasteiger partial charge is 0.480 e. The molecule has 0 unspecified atom stereocenters. The van der Waals surface area contributed by atoms with Gasteiger partial charge in [0.2, 0.25) is 0 Å². The summed E-state index contributed by atoms with van der Waals surface area (Å²) in [4.78, 5) is 22.3. The Balaban J connectivity index is 3.03. The second-order valence-electron chi connectivity index (χ2n) is 3.49. The first-order valence-corrected chi connectivity index (χ1v) is 4.38. The van der Waals surface area contributed by atoms with Crippen molar-refractivity contribution >= 4 is 11.9 Å². The summed E-state index contributed by atoms with van der Waals surface area (Å²) in [7, 11) is 0. The molecule has 0 aliphatic heterocycles. The van der Waals surface area contributed by atoms with E-state index >= 15 is 0 Å². The zero-order chi connectivity index (χ0) is 10.8. The van der Waals surface area contributed by atoms with Crippen molar-refractivity contribution in [1.82, 2.24) is 5.48 Å². The lowest BCUT2D eigenvalue weighted by Gasteiger charge is -2.27. The molecule has 0 aromatic carbocycles. The fourth-order valence-corrected chi connectivity index (χ4v) is 2.10. The fourth-order valence-electron chi connectivity index (χ4n) is 2.10. The number of carbonyl (C=O) groups excluding carboxylic acids is 1. The van der Waals surface area contributed by atoms with Crippen LogP contribution in [-0.2, 0) is 9.59 Å². The molecule has 1 aliphatic rings. The molecule has 0 saturated heterocycles. The van der Waals surface area contributed by atoms with E-state index < -0.39 is 23.2 Å². The summed E-state index contributed by atoms with van der Waals surface area (Å²) in [6, 6.07) is 0. The molecule has 1 fully saturated rings. The summed E-state index contributed by atoms with van der Waals surface area (Å²) in [6.07, 6.45) is 1.20. The van der Waals surface area contributed by atoms with Crippen molar-refractivity contribution in [3.05, 3.63) is 0 Å². The molecule has 2 atom stereocenters. The average molecular weight is 203 g/mol. The number of aliphatic hydroxyl groups is 1. The number of rotatable bonds is 3. The quantitative estimate of drug-likeness (QED) is 0.277. The highest BCUT2D eigenvalue weighted by molar-refractivity contribution is 6.02. The molecule has 80 valence electrons. The van der Waals surface area contributed by atoms with Crippen molar-refractivity contribution in [3.8, 4) is 0 Å². The van der Waals surface area contributed by atoms with Crippen LogP contribution in [0.2, 0.25) is 0 Å². The van der Waals surface area contributed by atoms with Crippen molar-refractivity contribution in [2.24, 2.45) is 11.3 Å². The van der Waals surface area contributed by atoms with Gasteiger partial charge in [-0.25, -0.2) is 5.48 Å². The number of nitrogens with one attached hydrogen (secondary N) is 1. The Kier molecular flexibility index (Phi) is 3.07. The highest BCUT2D eigenvalue weighted by atomic mass is 16.5. The van der Waals surface area contributed by atoms with Crippen molar-refractivity contribution < 1.29 is 25.0 Å². The average Bonchev–Trinajstić information content (AvgIpc) is 2.60. The molecule has 1 saturated carbocycles. The molecule has 0 aromatic rings. The SMILES string of the molecule is O=C(O)[C@@]1(C(=O)NO)CCC[C@H]1CO. The maximum atomic E-state index is 11.3. The smallest absolute Gasteiger partial charge is 0.319 e. The van der Waals surface area contributed by atoms with Gasteiger partial charge in [0.15, 0.2) is 5.41 Å². The van der Waals surface area contributed by atoms with E-state index in [0.717, 1.165) is 0 Å². The van der Waals surface area contributed by atoms with E-state index in [2.05, 4.69) is 0 Å². The maximum absolute atomic E-state index is 11.3. The predicted octanol–water partition coefficient (Wildman–Crippen LogP) is -0.645. The van der Waals surface area contributed by atoms with Crippen LogP contribution in [0.15, 0.2) is 0 Å². The van der Waals surface area contributed by atoms with Crippen molar-refractivity contribution in [3.63, 3.8) is 0 Å². The Morgan fingerprint density at radius 1 is 1.50 bits per heavy atom. The van der Waals surface area contributed by atoms with Crippen LogP contribution in [0.1, 0.15) is 19.3 Å². The van der Waals surface area contributed by atoms with Gasteiger partial charge in [0, 0.05) is 12.5 Å². The molecule has 0 heterocycles. The topological polar surface area (TPSA) is 107 Å². The standard InChI is InChI=1S/C8H13NO5/c10-4-5-2-1-3-8(5,7(12)13)6(11)9-14/h5,10,14H,1-4H2,(H,9,11)(H,12,13)/t5-,8-/m0/s1. The van der Waals surface area contributed by atoms with Crippen molar-refractivity contribution in [1.29, 1.82) is 0 Å². The summed E-state index contributed by atoms with van der Waals surface area (Å²) in [5.41, 5.74) is -0.301. The molecule has 0 bridgehead atoms. The molecule has 6 heteroatoms. The van der Waals surface area contributed by atoms with E-state index in [9.17, 15) is 9.59 Å². The van der Waals surface area contributed by atoms with Gasteiger partial charge >= 0.3 is 5.97 Å². The van der Waals surface area contributed by atoms with E-state index in [-0.39, 0.29) is 13.0 Å². The number of hydrogen-bond acceptors (Lipinski definition) is 4. The Morgan fingerprint density at radius 3 is 2.57 bits per heavy atom. The molecule has 0 spiro atoms. The highest BCUT2D eigenvalue weighted by Gasteiger charge is 2.55. The Morgan fingerprint density at radius 2 is 2.14 bits per heavy atom. The summed E-state index contributed by atoms with van der Waals surface area (Å²) in [6.45, 7) is -0.361. The van der Waals surface area contributed by atoms with E-state index in [1.165, 1.54) is 5.48 Å². The number of amides is 1. The van der Waals surface area contributed by atoms with Crippen molar-refractivity contribution in [2.75, 3.05) is 6.61 Å². The van der Waals surface area contributed by atoms with Crippen LogP contribution in [0.4, 0.5) is 0 Å². The highest BCUT2D eigenvalue weighted by Crippen LogP contribution is 2.43. The maximum Gasteiger partial charge on any atom is 0.319 e. The van der Waals surface area contributed by atoms with Gasteiger partial charge in [0.1, 0.15) is 0 Å². The molecule has 4 N–H and O–H groups in total. The molecule has 0 aromatic heterocycles. The monoisotopic (exact) mass is 203 g/mol. The number of carbonyl (C=O) groups is 2. The van der Waals surface area contributed by atoms with Crippen LogP contribution >= 0.6 is 0 Å². The van der Waals surface area contributed by atoms with Crippen LogP contribution in [-0.4, -0.2) is 33.9 Å². The lowest BCUT2D eigenvalue weighted by atomic mass is 9.77. The molecular weight excluding hydrogens is 190 g/mol. The summed E-state index contributed by atoms with van der Waals surface area (Å²) < 4.78 is 0. The molecule has 6 nitrogen and oxygen atoms in total.